The van der Waals surface area contributed by atoms with Crippen LogP contribution >= 0.6 is 0 Å². The predicted octanol–water partition coefficient (Wildman–Crippen LogP) is 3.46. The summed E-state index contributed by atoms with van der Waals surface area (Å²) in [7, 11) is 0. The Hall–Kier alpha value is -0.370. The Balaban J connectivity index is 2.38. The quantitative estimate of drug-likeness (QED) is 0.708. The van der Waals surface area contributed by atoms with E-state index in [-0.39, 0.29) is 0 Å². The van der Waals surface area contributed by atoms with Crippen LogP contribution in [0.3, 0.4) is 0 Å². The van der Waals surface area contributed by atoms with Crippen molar-refractivity contribution in [1.82, 2.24) is 5.32 Å². The molecule has 1 nitrogen and oxygen atoms in total. The lowest BCUT2D eigenvalue weighted by atomic mass is 9.79. The molecule has 0 aromatic heterocycles. The highest BCUT2D eigenvalue weighted by Gasteiger charge is 2.22. The Labute approximate surface area is 93.1 Å². The molecule has 1 aliphatic rings. The van der Waals surface area contributed by atoms with Gasteiger partial charge in [-0.1, -0.05) is 32.4 Å². The second-order valence-corrected chi connectivity index (χ2v) is 5.64. The highest BCUT2D eigenvalue weighted by Crippen LogP contribution is 2.33. The molecule has 2 heteroatoms. The zero-order chi connectivity index (χ0) is 11.5. The van der Waals surface area contributed by atoms with Gasteiger partial charge in [0.1, 0.15) is 6.17 Å². The van der Waals surface area contributed by atoms with Gasteiger partial charge in [-0.15, -0.1) is 0 Å². The average molecular weight is 213 g/mol. The van der Waals surface area contributed by atoms with Gasteiger partial charge >= 0.3 is 0 Å². The van der Waals surface area contributed by atoms with E-state index < -0.39 is 6.17 Å². The Morgan fingerprint density at radius 3 is 2.60 bits per heavy atom. The standard InChI is InChI=1S/C13H24FN/c1-10(14)9-15-12-7-5-11(6-8-12)13(2,3)4/h5,10,12,15H,6-9H2,1-4H3/t10?,12-/m1/s1. The number of hydrogen-bond donors (Lipinski definition) is 1. The third kappa shape index (κ3) is 4.33. The summed E-state index contributed by atoms with van der Waals surface area (Å²) in [6.45, 7) is 8.87. The van der Waals surface area contributed by atoms with Crippen LogP contribution in [-0.2, 0) is 0 Å². The normalized spacial score (nSPS) is 24.9. The molecule has 0 bridgehead atoms. The van der Waals surface area contributed by atoms with Crippen LogP contribution in [0, 0.1) is 5.41 Å². The molecule has 0 amide bonds. The molecule has 0 fully saturated rings. The fraction of sp³-hybridized carbons (Fsp3) is 0.846. The molecular formula is C13H24FN. The van der Waals surface area contributed by atoms with Gasteiger partial charge in [-0.3, -0.25) is 0 Å². The zero-order valence-electron chi connectivity index (χ0n) is 10.4. The number of allylic oxidation sites excluding steroid dienone is 1. The van der Waals surface area contributed by atoms with Crippen LogP contribution in [0.15, 0.2) is 11.6 Å². The average Bonchev–Trinajstić information content (AvgIpc) is 2.14. The van der Waals surface area contributed by atoms with E-state index in [9.17, 15) is 4.39 Å². The van der Waals surface area contributed by atoms with Gasteiger partial charge in [0.15, 0.2) is 0 Å². The Morgan fingerprint density at radius 2 is 2.20 bits per heavy atom. The van der Waals surface area contributed by atoms with Gasteiger partial charge in [0, 0.05) is 12.6 Å². The molecule has 2 atom stereocenters. The lowest BCUT2D eigenvalue weighted by Crippen LogP contribution is -2.35. The molecule has 1 rings (SSSR count). The van der Waals surface area contributed by atoms with Crippen LogP contribution in [0.4, 0.5) is 4.39 Å². The molecule has 88 valence electrons. The van der Waals surface area contributed by atoms with E-state index in [1.165, 1.54) is 0 Å². The van der Waals surface area contributed by atoms with Crippen molar-refractivity contribution < 1.29 is 4.39 Å². The van der Waals surface area contributed by atoms with Gasteiger partial charge in [0.25, 0.3) is 0 Å². The lowest BCUT2D eigenvalue weighted by molar-refractivity contribution is 0.317. The predicted molar refractivity (Wildman–Crippen MR) is 63.7 cm³/mol. The smallest absolute Gasteiger partial charge is 0.110 e. The zero-order valence-corrected chi connectivity index (χ0v) is 10.4. The summed E-state index contributed by atoms with van der Waals surface area (Å²) in [6.07, 6.45) is 4.96. The van der Waals surface area contributed by atoms with Crippen molar-refractivity contribution in [3.8, 4) is 0 Å². The van der Waals surface area contributed by atoms with Crippen molar-refractivity contribution in [2.45, 2.75) is 59.2 Å². The van der Waals surface area contributed by atoms with Crippen LogP contribution in [0.2, 0.25) is 0 Å². The monoisotopic (exact) mass is 213 g/mol. The highest BCUT2D eigenvalue weighted by molar-refractivity contribution is 5.14. The van der Waals surface area contributed by atoms with Gasteiger partial charge in [-0.2, -0.15) is 0 Å². The molecule has 1 N–H and O–H groups in total. The second kappa shape index (κ2) is 5.11. The first-order chi connectivity index (χ1) is 6.89. The van der Waals surface area contributed by atoms with E-state index in [1.807, 2.05) is 0 Å². The summed E-state index contributed by atoms with van der Waals surface area (Å²) in [6, 6.07) is 0.481. The molecule has 0 radical (unpaired) electrons. The fourth-order valence-corrected chi connectivity index (χ4v) is 2.03. The molecule has 1 unspecified atom stereocenters. The molecular weight excluding hydrogens is 189 g/mol. The number of hydrogen-bond acceptors (Lipinski definition) is 1. The summed E-state index contributed by atoms with van der Waals surface area (Å²) >= 11 is 0. The summed E-state index contributed by atoms with van der Waals surface area (Å²) < 4.78 is 12.6. The number of nitrogens with one attached hydrogen (secondary N) is 1. The summed E-state index contributed by atoms with van der Waals surface area (Å²) in [5, 5.41) is 3.27. The van der Waals surface area contributed by atoms with Crippen LogP contribution < -0.4 is 5.32 Å². The van der Waals surface area contributed by atoms with E-state index in [0.717, 1.165) is 19.3 Å². The Kier molecular flexibility index (Phi) is 4.32. The van der Waals surface area contributed by atoms with Gasteiger partial charge in [0.05, 0.1) is 0 Å². The minimum atomic E-state index is -0.738. The summed E-state index contributed by atoms with van der Waals surface area (Å²) in [4.78, 5) is 0. The Bertz CT molecular complexity index is 225. The van der Waals surface area contributed by atoms with E-state index in [2.05, 4.69) is 32.2 Å². The van der Waals surface area contributed by atoms with Crippen molar-refractivity contribution in [3.63, 3.8) is 0 Å². The highest BCUT2D eigenvalue weighted by atomic mass is 19.1. The van der Waals surface area contributed by atoms with Crippen LogP contribution in [0.25, 0.3) is 0 Å². The molecule has 0 aliphatic heterocycles. The first kappa shape index (κ1) is 12.7. The molecule has 0 aromatic rings. The first-order valence-corrected chi connectivity index (χ1v) is 5.96. The third-order valence-electron chi connectivity index (χ3n) is 3.06. The van der Waals surface area contributed by atoms with Crippen molar-refractivity contribution in [2.24, 2.45) is 5.41 Å². The number of alkyl halides is 1. The molecule has 0 heterocycles. The summed E-state index contributed by atoms with van der Waals surface area (Å²) in [5.74, 6) is 0. The van der Waals surface area contributed by atoms with Gasteiger partial charge < -0.3 is 5.32 Å². The third-order valence-corrected chi connectivity index (χ3v) is 3.06. The van der Waals surface area contributed by atoms with Crippen LogP contribution in [0.5, 0.6) is 0 Å². The van der Waals surface area contributed by atoms with Crippen molar-refractivity contribution in [3.05, 3.63) is 11.6 Å². The van der Waals surface area contributed by atoms with Gasteiger partial charge in [-0.05, 0) is 31.6 Å². The van der Waals surface area contributed by atoms with E-state index >= 15 is 0 Å². The van der Waals surface area contributed by atoms with Crippen LogP contribution in [-0.4, -0.2) is 18.8 Å². The molecule has 0 spiro atoms. The number of rotatable bonds is 3. The van der Waals surface area contributed by atoms with Gasteiger partial charge in [-0.25, -0.2) is 4.39 Å². The van der Waals surface area contributed by atoms with Crippen molar-refractivity contribution in [2.75, 3.05) is 6.54 Å². The minimum absolute atomic E-state index is 0.304. The second-order valence-electron chi connectivity index (χ2n) is 5.64. The summed E-state index contributed by atoms with van der Waals surface area (Å²) in [5.41, 5.74) is 1.85. The number of halogens is 1. The topological polar surface area (TPSA) is 12.0 Å². The first-order valence-electron chi connectivity index (χ1n) is 5.96. The molecule has 0 saturated heterocycles. The molecule has 15 heavy (non-hydrogen) atoms. The Morgan fingerprint density at radius 1 is 1.53 bits per heavy atom. The van der Waals surface area contributed by atoms with Gasteiger partial charge in [0.2, 0.25) is 0 Å². The maximum Gasteiger partial charge on any atom is 0.110 e. The SMILES string of the molecule is CC(F)CN[C@@H]1CC=C(C(C)(C)C)CC1. The van der Waals surface area contributed by atoms with E-state index in [1.54, 1.807) is 12.5 Å². The molecule has 1 aliphatic carbocycles. The fourth-order valence-electron chi connectivity index (χ4n) is 2.03. The van der Waals surface area contributed by atoms with Crippen molar-refractivity contribution in [1.29, 1.82) is 0 Å². The maximum atomic E-state index is 12.6. The maximum absolute atomic E-state index is 12.6. The largest absolute Gasteiger partial charge is 0.311 e. The van der Waals surface area contributed by atoms with E-state index in [4.69, 9.17) is 0 Å². The minimum Gasteiger partial charge on any atom is -0.311 e. The molecule has 0 saturated carbocycles. The van der Waals surface area contributed by atoms with Crippen LogP contribution in [0.1, 0.15) is 47.0 Å². The van der Waals surface area contributed by atoms with E-state index in [0.29, 0.717) is 18.0 Å². The van der Waals surface area contributed by atoms with Crippen molar-refractivity contribution >= 4 is 0 Å². The molecule has 0 aromatic carbocycles. The lowest BCUT2D eigenvalue weighted by Gasteiger charge is -2.30.